The second-order valence-electron chi connectivity index (χ2n) is 9.38. The molecule has 0 aromatic heterocycles. The van der Waals surface area contributed by atoms with Crippen molar-refractivity contribution in [3.05, 3.63) is 59.8 Å². The summed E-state index contributed by atoms with van der Waals surface area (Å²) in [5, 5.41) is 0. The highest BCUT2D eigenvalue weighted by atomic mass is 16.5. The quantitative estimate of drug-likeness (QED) is 0.597. The summed E-state index contributed by atoms with van der Waals surface area (Å²) < 4.78 is 11.2. The summed E-state index contributed by atoms with van der Waals surface area (Å²) in [5.41, 5.74) is 2.08. The van der Waals surface area contributed by atoms with E-state index < -0.39 is 0 Å². The molecule has 2 unspecified atom stereocenters. The van der Waals surface area contributed by atoms with Gasteiger partial charge in [-0.15, -0.1) is 0 Å². The average Bonchev–Trinajstić information content (AvgIpc) is 3.03. The molecule has 2 aliphatic heterocycles. The molecule has 33 heavy (non-hydrogen) atoms. The topological polar surface area (TPSA) is 59.1 Å². The molecule has 0 radical (unpaired) electrons. The van der Waals surface area contributed by atoms with Gasteiger partial charge in [-0.05, 0) is 61.9 Å². The van der Waals surface area contributed by atoms with E-state index in [1.54, 1.807) is 25.3 Å². The molecular weight excluding hydrogens is 416 g/mol. The highest BCUT2D eigenvalue weighted by molar-refractivity contribution is 6.45. The number of benzene rings is 2. The number of rotatable bonds is 6. The van der Waals surface area contributed by atoms with Gasteiger partial charge in [-0.2, -0.15) is 0 Å². The van der Waals surface area contributed by atoms with Crippen LogP contribution in [-0.4, -0.2) is 43.0 Å². The smallest absolute Gasteiger partial charge is 0.282 e. The van der Waals surface area contributed by atoms with Gasteiger partial charge in [0, 0.05) is 13.1 Å². The summed E-state index contributed by atoms with van der Waals surface area (Å²) >= 11 is 0. The minimum atomic E-state index is -0.331. The number of hydrogen-bond acceptors (Lipinski definition) is 5. The third kappa shape index (κ3) is 4.47. The SMILES string of the molecule is COc1ccccc1N1C(=O)C(c2ccc(OC(C)C)cc2)=C(N2CC(C)CC(C)C2)C1=O. The van der Waals surface area contributed by atoms with Crippen LogP contribution in [0, 0.1) is 11.8 Å². The van der Waals surface area contributed by atoms with Crippen LogP contribution in [0.5, 0.6) is 11.5 Å². The highest BCUT2D eigenvalue weighted by Gasteiger charge is 2.44. The fourth-order valence-electron chi connectivity index (χ4n) is 4.92. The van der Waals surface area contributed by atoms with Crippen LogP contribution in [0.1, 0.15) is 39.7 Å². The van der Waals surface area contributed by atoms with Crippen molar-refractivity contribution in [1.82, 2.24) is 4.90 Å². The van der Waals surface area contributed by atoms with Gasteiger partial charge in [-0.1, -0.05) is 38.1 Å². The van der Waals surface area contributed by atoms with E-state index >= 15 is 0 Å². The van der Waals surface area contributed by atoms with Crippen molar-refractivity contribution < 1.29 is 19.1 Å². The zero-order chi connectivity index (χ0) is 23.7. The third-order valence-electron chi connectivity index (χ3n) is 6.09. The van der Waals surface area contributed by atoms with Gasteiger partial charge >= 0.3 is 0 Å². The fraction of sp³-hybridized carbons (Fsp3) is 0.407. The molecule has 0 bridgehead atoms. The van der Waals surface area contributed by atoms with Crippen LogP contribution in [-0.2, 0) is 9.59 Å². The molecule has 6 nitrogen and oxygen atoms in total. The number of amides is 2. The number of methoxy groups -OCH3 is 1. The van der Waals surface area contributed by atoms with E-state index in [0.29, 0.717) is 40.1 Å². The molecule has 2 atom stereocenters. The van der Waals surface area contributed by atoms with Gasteiger partial charge in [0.1, 0.15) is 17.2 Å². The number of carbonyl (C=O) groups is 2. The summed E-state index contributed by atoms with van der Waals surface area (Å²) in [6.07, 6.45) is 1.16. The summed E-state index contributed by atoms with van der Waals surface area (Å²) in [7, 11) is 1.54. The Balaban J connectivity index is 1.81. The number of para-hydroxylation sites is 2. The lowest BCUT2D eigenvalue weighted by molar-refractivity contribution is -0.120. The number of carbonyl (C=O) groups excluding carboxylic acids is 2. The number of nitrogens with zero attached hydrogens (tertiary/aromatic N) is 2. The largest absolute Gasteiger partial charge is 0.495 e. The van der Waals surface area contributed by atoms with E-state index in [1.807, 2.05) is 44.2 Å². The molecule has 0 saturated carbocycles. The monoisotopic (exact) mass is 448 g/mol. The number of hydrogen-bond donors (Lipinski definition) is 0. The van der Waals surface area contributed by atoms with Gasteiger partial charge in [0.05, 0.1) is 24.5 Å². The third-order valence-corrected chi connectivity index (χ3v) is 6.09. The van der Waals surface area contributed by atoms with E-state index in [9.17, 15) is 9.59 Å². The van der Waals surface area contributed by atoms with Gasteiger partial charge < -0.3 is 14.4 Å². The molecule has 2 heterocycles. The fourth-order valence-corrected chi connectivity index (χ4v) is 4.92. The molecule has 0 N–H and O–H groups in total. The Kier molecular flexibility index (Phi) is 6.45. The first-order valence-electron chi connectivity index (χ1n) is 11.6. The van der Waals surface area contributed by atoms with E-state index in [2.05, 4.69) is 18.7 Å². The van der Waals surface area contributed by atoms with Gasteiger partial charge in [0.2, 0.25) is 0 Å². The number of anilines is 1. The molecule has 0 spiro atoms. The Labute approximate surface area is 195 Å². The van der Waals surface area contributed by atoms with Crippen LogP contribution >= 0.6 is 0 Å². The molecule has 0 aliphatic carbocycles. The Hall–Kier alpha value is -3.28. The Morgan fingerprint density at radius 2 is 1.55 bits per heavy atom. The van der Waals surface area contributed by atoms with Crippen LogP contribution in [0.2, 0.25) is 0 Å². The van der Waals surface area contributed by atoms with E-state index in [0.717, 1.165) is 25.3 Å². The Morgan fingerprint density at radius 1 is 0.909 bits per heavy atom. The second-order valence-corrected chi connectivity index (χ2v) is 9.38. The summed E-state index contributed by atoms with van der Waals surface area (Å²) in [5.74, 6) is 1.46. The molecule has 2 aliphatic rings. The van der Waals surface area contributed by atoms with Crippen molar-refractivity contribution in [3.8, 4) is 11.5 Å². The molecule has 6 heteroatoms. The molecular formula is C27H32N2O4. The predicted octanol–water partition coefficient (Wildman–Crippen LogP) is 4.74. The van der Waals surface area contributed by atoms with Crippen LogP contribution in [0.4, 0.5) is 5.69 Å². The van der Waals surface area contributed by atoms with E-state index in [4.69, 9.17) is 9.47 Å². The number of likely N-dealkylation sites (tertiary alicyclic amines) is 1. The minimum absolute atomic E-state index is 0.0534. The van der Waals surface area contributed by atoms with Crippen LogP contribution in [0.15, 0.2) is 54.2 Å². The van der Waals surface area contributed by atoms with Crippen LogP contribution < -0.4 is 14.4 Å². The molecule has 1 saturated heterocycles. The second kappa shape index (κ2) is 9.30. The van der Waals surface area contributed by atoms with Crippen LogP contribution in [0.3, 0.4) is 0 Å². The van der Waals surface area contributed by atoms with E-state index in [-0.39, 0.29) is 17.9 Å². The summed E-state index contributed by atoms with van der Waals surface area (Å²) in [6, 6.07) is 14.6. The van der Waals surface area contributed by atoms with E-state index in [1.165, 1.54) is 4.90 Å². The molecule has 174 valence electrons. The predicted molar refractivity (Wildman–Crippen MR) is 129 cm³/mol. The first-order valence-corrected chi connectivity index (χ1v) is 11.6. The molecule has 4 rings (SSSR count). The van der Waals surface area contributed by atoms with Crippen LogP contribution in [0.25, 0.3) is 5.57 Å². The van der Waals surface area contributed by atoms with Gasteiger partial charge in [0.15, 0.2) is 0 Å². The zero-order valence-electron chi connectivity index (χ0n) is 20.0. The zero-order valence-corrected chi connectivity index (χ0v) is 20.0. The van der Waals surface area contributed by atoms with Crippen molar-refractivity contribution in [3.63, 3.8) is 0 Å². The van der Waals surface area contributed by atoms with Crippen molar-refractivity contribution in [2.45, 2.75) is 40.2 Å². The minimum Gasteiger partial charge on any atom is -0.495 e. The number of imide groups is 1. The highest BCUT2D eigenvalue weighted by Crippen LogP contribution is 2.40. The normalized spacial score (nSPS) is 21.3. The first kappa shape index (κ1) is 22.9. The van der Waals surface area contributed by atoms with Gasteiger partial charge in [-0.25, -0.2) is 4.90 Å². The average molecular weight is 449 g/mol. The standard InChI is InChI=1S/C27H32N2O4/c1-17(2)33-21-12-10-20(11-13-21)24-25(28-15-18(3)14-19(4)16-28)27(31)29(26(24)30)22-8-6-7-9-23(22)32-5/h6-13,17-19H,14-16H2,1-5H3. The van der Waals surface area contributed by atoms with Crippen molar-refractivity contribution in [2.75, 3.05) is 25.1 Å². The van der Waals surface area contributed by atoms with Crippen molar-refractivity contribution in [2.24, 2.45) is 11.8 Å². The number of piperidine rings is 1. The maximum Gasteiger partial charge on any atom is 0.282 e. The lowest BCUT2D eigenvalue weighted by Crippen LogP contribution is -2.42. The van der Waals surface area contributed by atoms with Crippen molar-refractivity contribution >= 4 is 23.1 Å². The Morgan fingerprint density at radius 3 is 2.15 bits per heavy atom. The molecule has 1 fully saturated rings. The maximum atomic E-state index is 13.8. The summed E-state index contributed by atoms with van der Waals surface area (Å²) in [4.78, 5) is 31.0. The van der Waals surface area contributed by atoms with Gasteiger partial charge in [-0.3, -0.25) is 9.59 Å². The maximum absolute atomic E-state index is 13.8. The molecule has 2 aromatic carbocycles. The van der Waals surface area contributed by atoms with Crippen molar-refractivity contribution in [1.29, 1.82) is 0 Å². The first-order chi connectivity index (χ1) is 15.8. The molecule has 2 amide bonds. The lowest BCUT2D eigenvalue weighted by atomic mass is 9.91. The summed E-state index contributed by atoms with van der Waals surface area (Å²) in [6.45, 7) is 9.82. The van der Waals surface area contributed by atoms with Gasteiger partial charge in [0.25, 0.3) is 11.8 Å². The lowest BCUT2D eigenvalue weighted by Gasteiger charge is -2.37. The number of ether oxygens (including phenoxy) is 2. The molecule has 2 aromatic rings. The Bertz CT molecular complexity index is 1060.